The Bertz CT molecular complexity index is 116. The summed E-state index contributed by atoms with van der Waals surface area (Å²) in [6.07, 6.45) is 0. The van der Waals surface area contributed by atoms with E-state index in [1.54, 1.807) is 0 Å². The minimum atomic E-state index is -4.02. The van der Waals surface area contributed by atoms with Crippen LogP contribution < -0.4 is 0 Å². The van der Waals surface area contributed by atoms with Crippen LogP contribution in [0.3, 0.4) is 0 Å². The van der Waals surface area contributed by atoms with Crippen molar-refractivity contribution in [1.82, 2.24) is 0 Å². The highest BCUT2D eigenvalue weighted by Crippen LogP contribution is 2.30. The lowest BCUT2D eigenvalue weighted by molar-refractivity contribution is 0.486. The van der Waals surface area contributed by atoms with E-state index in [1.807, 2.05) is 0 Å². The molecule has 7 heavy (non-hydrogen) atoms. The van der Waals surface area contributed by atoms with Crippen molar-refractivity contribution >= 4 is 19.4 Å². The Hall–Kier alpha value is -0.470. The van der Waals surface area contributed by atoms with Crippen LogP contribution in [0, 0.1) is 0 Å². The number of hydrogen-bond donors (Lipinski definition) is 1. The number of hydrogen-bond acceptors (Lipinski definition) is 3. The minimum absolute atomic E-state index is 0.264. The third-order valence-electron chi connectivity index (χ3n) is 0.302. The van der Waals surface area contributed by atoms with Gasteiger partial charge in [-0.05, 0) is 0 Å². The van der Waals surface area contributed by atoms with E-state index in [0.29, 0.717) is 0 Å². The van der Waals surface area contributed by atoms with Crippen LogP contribution in [0.1, 0.15) is 0 Å². The lowest BCUT2D eigenvalue weighted by Crippen LogP contribution is -1.78. The summed E-state index contributed by atoms with van der Waals surface area (Å²) < 4.78 is 9.77. The van der Waals surface area contributed by atoms with Crippen LogP contribution in [-0.4, -0.2) is 16.9 Å². The van der Waals surface area contributed by atoms with E-state index >= 15 is 0 Å². The smallest absolute Gasteiger partial charge is 0.321 e. The predicted octanol–water partition coefficient (Wildman–Crippen LogP) is -0.363. The van der Waals surface area contributed by atoms with Gasteiger partial charge in [0.1, 0.15) is 0 Å². The number of carbonyl (C=O) groups excluding carboxylic acids is 2. The van der Waals surface area contributed by atoms with E-state index in [1.165, 1.54) is 0 Å². The lowest BCUT2D eigenvalue weighted by Gasteiger charge is -1.83. The van der Waals surface area contributed by atoms with Gasteiger partial charge in [0.25, 0.3) is 0 Å². The molecule has 0 heterocycles. The molecule has 0 rings (SSSR count). The van der Waals surface area contributed by atoms with E-state index in [4.69, 9.17) is 4.89 Å². The fourth-order valence-corrected chi connectivity index (χ4v) is 0.0745. The van der Waals surface area contributed by atoms with Gasteiger partial charge >= 0.3 is 7.37 Å². The molecule has 0 bridgehead atoms. The molecular formula is C2H3O4P. The summed E-state index contributed by atoms with van der Waals surface area (Å²) in [6, 6.07) is -0.528. The largest absolute Gasteiger partial charge is 0.334 e. The lowest BCUT2D eigenvalue weighted by atomic mass is 11.8. The molecule has 0 aromatic heterocycles. The molecule has 0 aliphatic carbocycles. The molecule has 5 heteroatoms. The minimum Gasteiger partial charge on any atom is -0.334 e. The zero-order valence-electron chi connectivity index (χ0n) is 3.27. The van der Waals surface area contributed by atoms with Crippen LogP contribution in [0.4, 0.5) is 0 Å². The molecule has 4 nitrogen and oxygen atoms in total. The standard InChI is InChI=1S/C2H3O4P/c3-1-7(5,6)2-4/h1-2H,(H,5,6). The van der Waals surface area contributed by atoms with Crippen molar-refractivity contribution in [3.8, 4) is 0 Å². The molecule has 0 aliphatic rings. The van der Waals surface area contributed by atoms with E-state index < -0.39 is 7.37 Å². The van der Waals surface area contributed by atoms with Crippen LogP contribution in [0.15, 0.2) is 0 Å². The number of rotatable bonds is 2. The summed E-state index contributed by atoms with van der Waals surface area (Å²) in [4.78, 5) is 26.6. The van der Waals surface area contributed by atoms with Gasteiger partial charge in [0.05, 0.1) is 0 Å². The maximum absolute atomic E-state index is 9.77. The molecule has 0 saturated heterocycles. The van der Waals surface area contributed by atoms with Gasteiger partial charge in [-0.1, -0.05) is 0 Å². The SMILES string of the molecule is O=CP(=O)(O)C=O. The highest BCUT2D eigenvalue weighted by molar-refractivity contribution is 7.85. The highest BCUT2D eigenvalue weighted by Gasteiger charge is 2.12. The molecule has 0 unspecified atom stereocenters. The maximum atomic E-state index is 9.77. The average molecular weight is 122 g/mol. The number of carbonyl (C=O) groups is 2. The molecule has 0 aromatic rings. The summed E-state index contributed by atoms with van der Waals surface area (Å²) in [6.45, 7) is 0. The van der Waals surface area contributed by atoms with Gasteiger partial charge in [-0.3, -0.25) is 14.2 Å². The summed E-state index contributed by atoms with van der Waals surface area (Å²) in [7, 11) is -4.02. The van der Waals surface area contributed by atoms with Crippen molar-refractivity contribution in [2.75, 3.05) is 0 Å². The average Bonchev–Trinajstić information content (AvgIpc) is 1.68. The zero-order chi connectivity index (χ0) is 5.91. The molecule has 1 N–H and O–H groups in total. The first-order chi connectivity index (χ1) is 3.12. The Morgan fingerprint density at radius 2 is 1.57 bits per heavy atom. The molecular weight excluding hydrogens is 119 g/mol. The topological polar surface area (TPSA) is 71.4 Å². The van der Waals surface area contributed by atoms with Gasteiger partial charge in [0.2, 0.25) is 12.1 Å². The van der Waals surface area contributed by atoms with Crippen molar-refractivity contribution in [2.24, 2.45) is 0 Å². The van der Waals surface area contributed by atoms with Crippen molar-refractivity contribution in [2.45, 2.75) is 0 Å². The highest BCUT2D eigenvalue weighted by atomic mass is 31.2. The van der Waals surface area contributed by atoms with Crippen LogP contribution in [0.5, 0.6) is 0 Å². The van der Waals surface area contributed by atoms with Gasteiger partial charge in [-0.15, -0.1) is 0 Å². The molecule has 40 valence electrons. The quantitative estimate of drug-likeness (QED) is 0.401. The Morgan fingerprint density at radius 1 is 1.29 bits per heavy atom. The predicted molar refractivity (Wildman–Crippen MR) is 23.3 cm³/mol. The van der Waals surface area contributed by atoms with Crippen LogP contribution >= 0.6 is 7.37 Å². The van der Waals surface area contributed by atoms with Gasteiger partial charge < -0.3 is 4.89 Å². The van der Waals surface area contributed by atoms with Crippen LogP contribution in [-0.2, 0) is 14.2 Å². The first-order valence-corrected chi connectivity index (χ1v) is 3.17. The van der Waals surface area contributed by atoms with E-state index in [0.717, 1.165) is 0 Å². The molecule has 0 aliphatic heterocycles. The van der Waals surface area contributed by atoms with Gasteiger partial charge in [0.15, 0.2) is 0 Å². The van der Waals surface area contributed by atoms with E-state index in [2.05, 4.69) is 0 Å². The van der Waals surface area contributed by atoms with Crippen LogP contribution in [0.2, 0.25) is 0 Å². The van der Waals surface area contributed by atoms with Crippen molar-refractivity contribution < 1.29 is 19.0 Å². The fourth-order valence-electron chi connectivity index (χ4n) is 0.0248. The Morgan fingerprint density at radius 3 is 1.57 bits per heavy atom. The second kappa shape index (κ2) is 2.00. The first kappa shape index (κ1) is 6.53. The summed E-state index contributed by atoms with van der Waals surface area (Å²) in [5.41, 5.74) is 0. The normalized spacial score (nSPS) is 10.4. The third kappa shape index (κ3) is 2.25. The van der Waals surface area contributed by atoms with E-state index in [-0.39, 0.29) is 12.1 Å². The second-order valence-electron chi connectivity index (χ2n) is 0.883. The molecule has 0 saturated carbocycles. The van der Waals surface area contributed by atoms with Crippen molar-refractivity contribution in [3.05, 3.63) is 0 Å². The molecule has 0 fully saturated rings. The maximum Gasteiger partial charge on any atom is 0.321 e. The Balaban J connectivity index is 4.13. The fraction of sp³-hybridized carbons (Fsp3) is 0. The van der Waals surface area contributed by atoms with Gasteiger partial charge in [0, 0.05) is 0 Å². The van der Waals surface area contributed by atoms with Gasteiger partial charge in [-0.25, -0.2) is 0 Å². The molecule has 0 atom stereocenters. The van der Waals surface area contributed by atoms with Crippen molar-refractivity contribution in [3.63, 3.8) is 0 Å². The summed E-state index contributed by atoms with van der Waals surface area (Å²) in [5.74, 6) is 0. The second-order valence-corrected chi connectivity index (χ2v) is 2.65. The van der Waals surface area contributed by atoms with E-state index in [9.17, 15) is 14.2 Å². The Labute approximate surface area is 39.6 Å². The van der Waals surface area contributed by atoms with Crippen molar-refractivity contribution in [1.29, 1.82) is 0 Å². The molecule has 0 radical (unpaired) electrons. The monoisotopic (exact) mass is 122 g/mol. The first-order valence-electron chi connectivity index (χ1n) is 1.37. The Kier molecular flexibility index (Phi) is 1.87. The molecule has 0 aromatic carbocycles. The summed E-state index contributed by atoms with van der Waals surface area (Å²) >= 11 is 0. The van der Waals surface area contributed by atoms with Crippen LogP contribution in [0.25, 0.3) is 0 Å². The molecule has 0 amide bonds. The molecule has 0 spiro atoms. The third-order valence-corrected chi connectivity index (χ3v) is 0.906. The zero-order valence-corrected chi connectivity index (χ0v) is 4.17. The summed E-state index contributed by atoms with van der Waals surface area (Å²) in [5, 5.41) is 0. The van der Waals surface area contributed by atoms with Gasteiger partial charge in [-0.2, -0.15) is 0 Å².